The zero-order chi connectivity index (χ0) is 22.5. The summed E-state index contributed by atoms with van der Waals surface area (Å²) < 4.78 is 32.8. The number of nitrogens with zero attached hydrogens (tertiary/aromatic N) is 2. The predicted molar refractivity (Wildman–Crippen MR) is 117 cm³/mol. The first-order valence-electron chi connectivity index (χ1n) is 10.2. The first-order chi connectivity index (χ1) is 15.5. The van der Waals surface area contributed by atoms with E-state index in [2.05, 4.69) is 5.16 Å². The fourth-order valence-electron chi connectivity index (χ4n) is 3.56. The van der Waals surface area contributed by atoms with Crippen molar-refractivity contribution in [2.24, 2.45) is 5.16 Å². The van der Waals surface area contributed by atoms with Gasteiger partial charge in [-0.2, -0.15) is 0 Å². The fourth-order valence-corrected chi connectivity index (χ4v) is 3.56. The molecule has 7 heteroatoms. The van der Waals surface area contributed by atoms with Crippen LogP contribution in [0.3, 0.4) is 0 Å². The van der Waals surface area contributed by atoms with Crippen LogP contribution < -0.4 is 4.74 Å². The molecule has 0 unspecified atom stereocenters. The van der Waals surface area contributed by atoms with E-state index in [1.165, 1.54) is 35.2 Å². The Morgan fingerprint density at radius 2 is 1.78 bits per heavy atom. The number of ether oxygens (including phenoxy) is 1. The molecule has 0 fully saturated rings. The number of rotatable bonds is 7. The lowest BCUT2D eigenvalue weighted by Crippen LogP contribution is -2.37. The van der Waals surface area contributed by atoms with Crippen molar-refractivity contribution in [1.29, 1.82) is 0 Å². The average molecular weight is 436 g/mol. The molecule has 0 saturated heterocycles. The highest BCUT2D eigenvalue weighted by atomic mass is 19.1. The molecule has 0 bridgehead atoms. The third kappa shape index (κ3) is 4.94. The molecule has 1 heterocycles. The zero-order valence-corrected chi connectivity index (χ0v) is 17.5. The van der Waals surface area contributed by atoms with Gasteiger partial charge in [-0.25, -0.2) is 8.78 Å². The van der Waals surface area contributed by atoms with Crippen LogP contribution in [0, 0.1) is 11.6 Å². The van der Waals surface area contributed by atoms with Crippen molar-refractivity contribution in [3.05, 3.63) is 101 Å². The maximum atomic E-state index is 14.3. The normalized spacial score (nSPS) is 15.1. The molecule has 0 aliphatic carbocycles. The van der Waals surface area contributed by atoms with E-state index in [0.29, 0.717) is 6.42 Å². The Bertz CT molecular complexity index is 1110. The molecular weight excluding hydrogens is 414 g/mol. The largest absolute Gasteiger partial charge is 0.497 e. The molecule has 1 aliphatic rings. The number of halogens is 2. The SMILES string of the molecule is COc1ccc(C2=NO[C@@H](CN(Cc3ccc(F)cc3)C(=O)c3ccccc3F)C2)cc1. The van der Waals surface area contributed by atoms with Gasteiger partial charge in [-0.3, -0.25) is 4.79 Å². The monoisotopic (exact) mass is 436 g/mol. The summed E-state index contributed by atoms with van der Waals surface area (Å²) in [7, 11) is 1.60. The molecule has 0 radical (unpaired) electrons. The number of hydrogen-bond donors (Lipinski definition) is 0. The minimum absolute atomic E-state index is 0.0242. The van der Waals surface area contributed by atoms with Crippen LogP contribution in [-0.2, 0) is 11.4 Å². The van der Waals surface area contributed by atoms with Gasteiger partial charge in [0, 0.05) is 13.0 Å². The quantitative estimate of drug-likeness (QED) is 0.534. The highest BCUT2D eigenvalue weighted by Gasteiger charge is 2.28. The van der Waals surface area contributed by atoms with Gasteiger partial charge in [0.15, 0.2) is 6.10 Å². The van der Waals surface area contributed by atoms with E-state index in [1.807, 2.05) is 24.3 Å². The van der Waals surface area contributed by atoms with Crippen molar-refractivity contribution in [2.75, 3.05) is 13.7 Å². The van der Waals surface area contributed by atoms with Crippen LogP contribution >= 0.6 is 0 Å². The Balaban J connectivity index is 1.50. The Kier molecular flexibility index (Phi) is 6.44. The second-order valence-electron chi connectivity index (χ2n) is 7.49. The van der Waals surface area contributed by atoms with Crippen LogP contribution in [0.5, 0.6) is 5.75 Å². The van der Waals surface area contributed by atoms with Crippen LogP contribution in [0.25, 0.3) is 0 Å². The van der Waals surface area contributed by atoms with Gasteiger partial charge in [0.25, 0.3) is 5.91 Å². The van der Waals surface area contributed by atoms with Crippen LogP contribution in [0.2, 0.25) is 0 Å². The molecule has 1 atom stereocenters. The molecule has 0 aromatic heterocycles. The summed E-state index contributed by atoms with van der Waals surface area (Å²) in [4.78, 5) is 20.2. The first-order valence-corrected chi connectivity index (χ1v) is 10.2. The van der Waals surface area contributed by atoms with Gasteiger partial charge < -0.3 is 14.5 Å². The van der Waals surface area contributed by atoms with Gasteiger partial charge >= 0.3 is 0 Å². The van der Waals surface area contributed by atoms with E-state index in [-0.39, 0.29) is 30.6 Å². The molecule has 32 heavy (non-hydrogen) atoms. The molecule has 164 valence electrons. The number of oxime groups is 1. The Labute approximate surface area is 184 Å². The van der Waals surface area contributed by atoms with E-state index in [9.17, 15) is 13.6 Å². The number of carbonyl (C=O) groups is 1. The highest BCUT2D eigenvalue weighted by molar-refractivity contribution is 6.01. The lowest BCUT2D eigenvalue weighted by atomic mass is 10.0. The van der Waals surface area contributed by atoms with Crippen molar-refractivity contribution in [3.63, 3.8) is 0 Å². The van der Waals surface area contributed by atoms with E-state index in [4.69, 9.17) is 9.57 Å². The van der Waals surface area contributed by atoms with Gasteiger partial charge in [0.2, 0.25) is 0 Å². The summed E-state index contributed by atoms with van der Waals surface area (Å²) in [6.45, 7) is 0.388. The van der Waals surface area contributed by atoms with Gasteiger partial charge in [-0.05, 0) is 59.7 Å². The molecule has 0 saturated carbocycles. The average Bonchev–Trinajstić information content (AvgIpc) is 3.28. The summed E-state index contributed by atoms with van der Waals surface area (Å²) in [6.07, 6.45) is 0.111. The summed E-state index contributed by atoms with van der Waals surface area (Å²) in [5.74, 6) is -0.679. The molecule has 3 aromatic rings. The molecule has 0 N–H and O–H groups in total. The van der Waals surface area contributed by atoms with E-state index < -0.39 is 11.7 Å². The van der Waals surface area contributed by atoms with Gasteiger partial charge in [-0.1, -0.05) is 29.4 Å². The van der Waals surface area contributed by atoms with Gasteiger partial charge in [-0.15, -0.1) is 0 Å². The first kappa shape index (κ1) is 21.5. The van der Waals surface area contributed by atoms with E-state index in [0.717, 1.165) is 22.6 Å². The van der Waals surface area contributed by atoms with Gasteiger partial charge in [0.05, 0.1) is 24.9 Å². The summed E-state index contributed by atoms with van der Waals surface area (Å²) in [5, 5.41) is 4.18. The van der Waals surface area contributed by atoms with Crippen molar-refractivity contribution in [2.45, 2.75) is 19.1 Å². The predicted octanol–water partition coefficient (Wildman–Crippen LogP) is 4.81. The number of hydrogen-bond acceptors (Lipinski definition) is 4. The zero-order valence-electron chi connectivity index (χ0n) is 17.5. The van der Waals surface area contributed by atoms with E-state index >= 15 is 0 Å². The van der Waals surface area contributed by atoms with Crippen LogP contribution in [0.4, 0.5) is 8.78 Å². The number of carbonyl (C=O) groups excluding carboxylic acids is 1. The third-order valence-corrected chi connectivity index (χ3v) is 5.26. The van der Waals surface area contributed by atoms with Gasteiger partial charge in [0.1, 0.15) is 17.4 Å². The number of benzene rings is 3. The summed E-state index contributed by atoms with van der Waals surface area (Å²) in [6, 6.07) is 19.2. The second-order valence-corrected chi connectivity index (χ2v) is 7.49. The molecule has 0 spiro atoms. The molecule has 5 nitrogen and oxygen atoms in total. The molecule has 4 rings (SSSR count). The Hall–Kier alpha value is -3.74. The topological polar surface area (TPSA) is 51.1 Å². The van der Waals surface area contributed by atoms with Crippen molar-refractivity contribution < 1.29 is 23.1 Å². The standard InChI is InChI=1S/C25H22F2N2O3/c1-31-20-12-8-18(9-13-20)24-14-21(32-28-24)16-29(15-17-6-10-19(26)11-7-17)25(30)22-4-2-3-5-23(22)27/h2-13,21H,14-16H2,1H3/t21-/m1/s1. The lowest BCUT2D eigenvalue weighted by molar-refractivity contribution is 0.0402. The van der Waals surface area contributed by atoms with Crippen LogP contribution in [0.1, 0.15) is 27.9 Å². The van der Waals surface area contributed by atoms with Crippen molar-refractivity contribution >= 4 is 11.6 Å². The highest BCUT2D eigenvalue weighted by Crippen LogP contribution is 2.22. The second kappa shape index (κ2) is 9.60. The third-order valence-electron chi connectivity index (χ3n) is 5.26. The number of amides is 1. The van der Waals surface area contributed by atoms with Crippen molar-refractivity contribution in [3.8, 4) is 5.75 Å². The molecule has 3 aromatic carbocycles. The number of methoxy groups -OCH3 is 1. The summed E-state index contributed by atoms with van der Waals surface area (Å²) >= 11 is 0. The maximum Gasteiger partial charge on any atom is 0.257 e. The molecular formula is C25H22F2N2O3. The Morgan fingerprint density at radius 3 is 2.47 bits per heavy atom. The van der Waals surface area contributed by atoms with Crippen LogP contribution in [-0.4, -0.2) is 36.3 Å². The minimum Gasteiger partial charge on any atom is -0.497 e. The maximum absolute atomic E-state index is 14.3. The minimum atomic E-state index is -0.593. The molecule has 1 amide bonds. The van der Waals surface area contributed by atoms with Crippen LogP contribution in [0.15, 0.2) is 78.0 Å². The molecule has 1 aliphatic heterocycles. The Morgan fingerprint density at radius 1 is 1.06 bits per heavy atom. The summed E-state index contributed by atoms with van der Waals surface area (Å²) in [5.41, 5.74) is 2.37. The smallest absolute Gasteiger partial charge is 0.257 e. The van der Waals surface area contributed by atoms with Crippen molar-refractivity contribution in [1.82, 2.24) is 4.90 Å². The fraction of sp³-hybridized carbons (Fsp3) is 0.200. The van der Waals surface area contributed by atoms with E-state index in [1.54, 1.807) is 25.3 Å². The lowest BCUT2D eigenvalue weighted by Gasteiger charge is -2.25.